The summed E-state index contributed by atoms with van der Waals surface area (Å²) in [5, 5.41) is 5.76. The van der Waals surface area contributed by atoms with Crippen LogP contribution in [0.1, 0.15) is 12.8 Å². The Morgan fingerprint density at radius 3 is 2.32 bits per heavy atom. The van der Waals surface area contributed by atoms with E-state index in [9.17, 15) is 0 Å². The number of hydrogen-bond donors (Lipinski definition) is 0. The number of unbranched alkanes of at least 4 members (excludes halogenated alkanes) is 1. The second kappa shape index (κ2) is 7.70. The third kappa shape index (κ3) is 3.85. The number of nitrogens with zero attached hydrogens (tertiary/aromatic N) is 4. The van der Waals surface area contributed by atoms with Gasteiger partial charge in [-0.15, -0.1) is 0 Å². The lowest BCUT2D eigenvalue weighted by atomic mass is 10.2. The molecule has 1 aliphatic heterocycles. The summed E-state index contributed by atoms with van der Waals surface area (Å²) in [6.45, 7) is 6.81. The SMILES string of the molecule is c1ccc(N2CCN(CCCCn3ncc4ccccc43)CC2)cc1. The summed E-state index contributed by atoms with van der Waals surface area (Å²) in [6, 6.07) is 19.2. The molecular formula is C21H26N4. The van der Waals surface area contributed by atoms with Crippen molar-refractivity contribution < 1.29 is 0 Å². The molecule has 2 aromatic carbocycles. The number of para-hydroxylation sites is 2. The zero-order chi connectivity index (χ0) is 16.9. The number of piperazine rings is 1. The first kappa shape index (κ1) is 16.2. The van der Waals surface area contributed by atoms with E-state index >= 15 is 0 Å². The minimum Gasteiger partial charge on any atom is -0.369 e. The van der Waals surface area contributed by atoms with Gasteiger partial charge in [0.2, 0.25) is 0 Å². The normalized spacial score (nSPS) is 15.8. The Kier molecular flexibility index (Phi) is 4.98. The number of aryl methyl sites for hydroxylation is 1. The fraction of sp³-hybridized carbons (Fsp3) is 0.381. The van der Waals surface area contributed by atoms with Crippen molar-refractivity contribution in [2.75, 3.05) is 37.6 Å². The van der Waals surface area contributed by atoms with Crippen molar-refractivity contribution in [3.8, 4) is 0 Å². The van der Waals surface area contributed by atoms with Crippen LogP contribution in [0.25, 0.3) is 10.9 Å². The van der Waals surface area contributed by atoms with Crippen molar-refractivity contribution in [1.82, 2.24) is 14.7 Å². The molecule has 0 amide bonds. The first-order valence-corrected chi connectivity index (χ1v) is 9.33. The van der Waals surface area contributed by atoms with Gasteiger partial charge in [0.25, 0.3) is 0 Å². The predicted octanol–water partition coefficient (Wildman–Crippen LogP) is 3.64. The second-order valence-electron chi connectivity index (χ2n) is 6.80. The summed E-state index contributed by atoms with van der Waals surface area (Å²) in [7, 11) is 0. The van der Waals surface area contributed by atoms with Crippen LogP contribution >= 0.6 is 0 Å². The van der Waals surface area contributed by atoms with E-state index in [0.29, 0.717) is 0 Å². The number of rotatable bonds is 6. The van der Waals surface area contributed by atoms with Gasteiger partial charge in [0.15, 0.2) is 0 Å². The summed E-state index contributed by atoms with van der Waals surface area (Å²) in [5.74, 6) is 0. The van der Waals surface area contributed by atoms with E-state index < -0.39 is 0 Å². The molecule has 0 atom stereocenters. The van der Waals surface area contributed by atoms with Crippen LogP contribution in [-0.2, 0) is 6.54 Å². The van der Waals surface area contributed by atoms with Crippen LogP contribution in [0.5, 0.6) is 0 Å². The van der Waals surface area contributed by atoms with E-state index in [-0.39, 0.29) is 0 Å². The Bertz CT molecular complexity index is 788. The largest absolute Gasteiger partial charge is 0.369 e. The third-order valence-electron chi connectivity index (χ3n) is 5.14. The Morgan fingerprint density at radius 2 is 1.48 bits per heavy atom. The lowest BCUT2D eigenvalue weighted by Gasteiger charge is -2.36. The monoisotopic (exact) mass is 334 g/mol. The number of benzene rings is 2. The van der Waals surface area contributed by atoms with E-state index in [1.807, 2.05) is 6.20 Å². The predicted molar refractivity (Wildman–Crippen MR) is 104 cm³/mol. The highest BCUT2D eigenvalue weighted by Crippen LogP contribution is 2.16. The maximum Gasteiger partial charge on any atom is 0.0682 e. The summed E-state index contributed by atoms with van der Waals surface area (Å²) in [5.41, 5.74) is 2.60. The van der Waals surface area contributed by atoms with Gasteiger partial charge >= 0.3 is 0 Å². The maximum atomic E-state index is 4.52. The first-order valence-electron chi connectivity index (χ1n) is 9.33. The molecule has 4 nitrogen and oxygen atoms in total. The average Bonchev–Trinajstić information content (AvgIpc) is 3.10. The molecule has 25 heavy (non-hydrogen) atoms. The number of anilines is 1. The lowest BCUT2D eigenvalue weighted by Crippen LogP contribution is -2.46. The van der Waals surface area contributed by atoms with Gasteiger partial charge in [-0.05, 0) is 37.6 Å². The molecule has 3 aromatic rings. The number of hydrogen-bond acceptors (Lipinski definition) is 3. The average molecular weight is 334 g/mol. The molecule has 4 heteroatoms. The van der Waals surface area contributed by atoms with Crippen molar-refractivity contribution in [3.63, 3.8) is 0 Å². The maximum absolute atomic E-state index is 4.52. The zero-order valence-corrected chi connectivity index (χ0v) is 14.7. The quantitative estimate of drug-likeness (QED) is 0.643. The summed E-state index contributed by atoms with van der Waals surface area (Å²) >= 11 is 0. The van der Waals surface area contributed by atoms with Crippen LogP contribution in [0.2, 0.25) is 0 Å². The second-order valence-corrected chi connectivity index (χ2v) is 6.80. The van der Waals surface area contributed by atoms with Gasteiger partial charge in [0.1, 0.15) is 0 Å². The van der Waals surface area contributed by atoms with Gasteiger partial charge in [-0.3, -0.25) is 9.58 Å². The fourth-order valence-corrected chi connectivity index (χ4v) is 3.67. The fourth-order valence-electron chi connectivity index (χ4n) is 3.67. The first-order chi connectivity index (χ1) is 12.4. The smallest absolute Gasteiger partial charge is 0.0682 e. The lowest BCUT2D eigenvalue weighted by molar-refractivity contribution is 0.251. The van der Waals surface area contributed by atoms with Crippen LogP contribution in [0, 0.1) is 0 Å². The van der Waals surface area contributed by atoms with E-state index in [2.05, 4.69) is 74.2 Å². The highest BCUT2D eigenvalue weighted by Gasteiger charge is 2.16. The summed E-state index contributed by atoms with van der Waals surface area (Å²) in [4.78, 5) is 5.09. The van der Waals surface area contributed by atoms with Crippen molar-refractivity contribution in [2.24, 2.45) is 0 Å². The molecule has 130 valence electrons. The van der Waals surface area contributed by atoms with E-state index in [0.717, 1.165) is 19.6 Å². The number of fused-ring (bicyclic) bond motifs is 1. The number of aromatic nitrogens is 2. The van der Waals surface area contributed by atoms with Gasteiger partial charge in [-0.1, -0.05) is 36.4 Å². The Hall–Kier alpha value is -2.33. The molecule has 1 aliphatic rings. The van der Waals surface area contributed by atoms with Crippen molar-refractivity contribution >= 4 is 16.6 Å². The highest BCUT2D eigenvalue weighted by atomic mass is 15.3. The molecule has 0 N–H and O–H groups in total. The van der Waals surface area contributed by atoms with Crippen molar-refractivity contribution in [3.05, 3.63) is 60.8 Å². The molecule has 1 saturated heterocycles. The van der Waals surface area contributed by atoms with Gasteiger partial charge in [-0.2, -0.15) is 5.10 Å². The Morgan fingerprint density at radius 1 is 0.760 bits per heavy atom. The molecule has 0 unspecified atom stereocenters. The minimum absolute atomic E-state index is 1.01. The Balaban J connectivity index is 1.20. The minimum atomic E-state index is 1.01. The molecule has 0 saturated carbocycles. The van der Waals surface area contributed by atoms with E-state index in [4.69, 9.17) is 0 Å². The molecule has 4 rings (SSSR count). The summed E-state index contributed by atoms with van der Waals surface area (Å²) in [6.07, 6.45) is 4.39. The van der Waals surface area contributed by atoms with Crippen molar-refractivity contribution in [1.29, 1.82) is 0 Å². The highest BCUT2D eigenvalue weighted by molar-refractivity contribution is 5.78. The topological polar surface area (TPSA) is 24.3 Å². The molecule has 1 fully saturated rings. The van der Waals surface area contributed by atoms with Crippen LogP contribution in [0.4, 0.5) is 5.69 Å². The standard InChI is InChI=1S/C21H26N4/c1-2-9-20(10-3-1)24-16-14-23(15-17-24)12-6-7-13-25-21-11-5-4-8-19(21)18-22-25/h1-5,8-11,18H,6-7,12-17H2. The molecule has 1 aromatic heterocycles. The molecule has 0 bridgehead atoms. The van der Waals surface area contributed by atoms with Gasteiger partial charge in [-0.25, -0.2) is 0 Å². The van der Waals surface area contributed by atoms with Gasteiger partial charge in [0, 0.05) is 43.8 Å². The van der Waals surface area contributed by atoms with Gasteiger partial charge < -0.3 is 4.90 Å². The third-order valence-corrected chi connectivity index (χ3v) is 5.14. The molecule has 0 radical (unpaired) electrons. The van der Waals surface area contributed by atoms with Crippen LogP contribution < -0.4 is 4.90 Å². The van der Waals surface area contributed by atoms with Crippen LogP contribution in [0.3, 0.4) is 0 Å². The van der Waals surface area contributed by atoms with E-state index in [1.54, 1.807) is 0 Å². The van der Waals surface area contributed by atoms with Crippen molar-refractivity contribution in [2.45, 2.75) is 19.4 Å². The Labute approximate surface area is 149 Å². The zero-order valence-electron chi connectivity index (χ0n) is 14.7. The van der Waals surface area contributed by atoms with Crippen LogP contribution in [-0.4, -0.2) is 47.4 Å². The molecule has 0 spiro atoms. The van der Waals surface area contributed by atoms with Gasteiger partial charge in [0.05, 0.1) is 11.7 Å². The van der Waals surface area contributed by atoms with Crippen LogP contribution in [0.15, 0.2) is 60.8 Å². The van der Waals surface area contributed by atoms with E-state index in [1.165, 1.54) is 49.1 Å². The molecule has 0 aliphatic carbocycles. The molecule has 2 heterocycles. The summed E-state index contributed by atoms with van der Waals surface area (Å²) < 4.78 is 2.14. The molecular weight excluding hydrogens is 308 g/mol.